The molecule has 0 radical (unpaired) electrons. The van der Waals surface area contributed by atoms with Gasteiger partial charge in [-0.05, 0) is 37.0 Å². The normalized spacial score (nSPS) is 12.0. The molecule has 0 spiro atoms. The van der Waals surface area contributed by atoms with E-state index in [2.05, 4.69) is 86.7 Å². The van der Waals surface area contributed by atoms with Crippen molar-refractivity contribution in [3.63, 3.8) is 0 Å². The molecule has 2 aromatic rings. The van der Waals surface area contributed by atoms with Crippen molar-refractivity contribution in [1.82, 2.24) is 0 Å². The lowest BCUT2D eigenvalue weighted by molar-refractivity contribution is 1.27. The monoisotopic (exact) mass is 248 g/mol. The third-order valence-electron chi connectivity index (χ3n) is 3.10. The maximum atomic E-state index is 2.30. The average molecular weight is 248 g/mol. The van der Waals surface area contributed by atoms with Gasteiger partial charge in [0.15, 0.2) is 0 Å². The van der Waals surface area contributed by atoms with E-state index >= 15 is 0 Å². The van der Waals surface area contributed by atoms with E-state index in [0.717, 1.165) is 6.42 Å². The molecule has 0 aliphatic rings. The second-order valence-corrected chi connectivity index (χ2v) is 4.72. The molecular weight excluding hydrogens is 228 g/mol. The van der Waals surface area contributed by atoms with Gasteiger partial charge in [-0.25, -0.2) is 0 Å². The summed E-state index contributed by atoms with van der Waals surface area (Å²) in [5.41, 5.74) is 5.22. The summed E-state index contributed by atoms with van der Waals surface area (Å²) in [6.07, 6.45) is 7.54. The topological polar surface area (TPSA) is 0 Å². The Kier molecular flexibility index (Phi) is 4.74. The Morgan fingerprint density at radius 2 is 1.79 bits per heavy atom. The van der Waals surface area contributed by atoms with E-state index in [4.69, 9.17) is 0 Å². The van der Waals surface area contributed by atoms with Crippen molar-refractivity contribution in [2.24, 2.45) is 0 Å². The molecule has 0 saturated heterocycles. The fourth-order valence-electron chi connectivity index (χ4n) is 2.13. The van der Waals surface area contributed by atoms with Crippen LogP contribution in [-0.4, -0.2) is 0 Å². The van der Waals surface area contributed by atoms with E-state index in [-0.39, 0.29) is 0 Å². The van der Waals surface area contributed by atoms with Crippen LogP contribution in [0.4, 0.5) is 0 Å². The summed E-state index contributed by atoms with van der Waals surface area (Å²) in [5.74, 6) is 0. The highest BCUT2D eigenvalue weighted by Gasteiger charge is 1.98. The van der Waals surface area contributed by atoms with Gasteiger partial charge in [0.05, 0.1) is 0 Å². The highest BCUT2D eigenvalue weighted by atomic mass is 14.0. The molecule has 19 heavy (non-hydrogen) atoms. The quantitative estimate of drug-likeness (QED) is 0.653. The first-order valence-corrected chi connectivity index (χ1v) is 6.73. The first kappa shape index (κ1) is 13.4. The number of benzene rings is 2. The van der Waals surface area contributed by atoms with Crippen molar-refractivity contribution in [2.45, 2.75) is 20.3 Å². The highest BCUT2D eigenvalue weighted by molar-refractivity contribution is 5.74. The highest BCUT2D eigenvalue weighted by Crippen LogP contribution is 2.18. The van der Waals surface area contributed by atoms with Crippen molar-refractivity contribution >= 4 is 5.57 Å². The van der Waals surface area contributed by atoms with Crippen LogP contribution in [-0.2, 0) is 6.42 Å². The molecule has 0 amide bonds. The summed E-state index contributed by atoms with van der Waals surface area (Å²) < 4.78 is 0. The van der Waals surface area contributed by atoms with Crippen LogP contribution in [0.25, 0.3) is 5.57 Å². The molecule has 0 saturated carbocycles. The van der Waals surface area contributed by atoms with Crippen molar-refractivity contribution < 1.29 is 0 Å². The van der Waals surface area contributed by atoms with Crippen LogP contribution < -0.4 is 0 Å². The Bertz CT molecular complexity index is 574. The van der Waals surface area contributed by atoms with Gasteiger partial charge in [0, 0.05) is 0 Å². The first-order chi connectivity index (χ1) is 9.29. The molecule has 0 N–H and O–H groups in total. The van der Waals surface area contributed by atoms with Crippen LogP contribution >= 0.6 is 0 Å². The van der Waals surface area contributed by atoms with Crippen LogP contribution in [0.3, 0.4) is 0 Å². The lowest BCUT2D eigenvalue weighted by Gasteiger charge is -2.05. The molecule has 0 bridgehead atoms. The predicted molar refractivity (Wildman–Crippen MR) is 84.1 cm³/mol. The van der Waals surface area contributed by atoms with Gasteiger partial charge >= 0.3 is 0 Å². The largest absolute Gasteiger partial charge is 0.0871 e. The first-order valence-electron chi connectivity index (χ1n) is 6.73. The Morgan fingerprint density at radius 3 is 2.47 bits per heavy atom. The van der Waals surface area contributed by atoms with Crippen molar-refractivity contribution in [3.8, 4) is 0 Å². The zero-order chi connectivity index (χ0) is 13.5. The SMILES string of the molecule is C/C=C\C(=C/Cc1ccccc1)c1cccc(C)c1. The molecule has 0 unspecified atom stereocenters. The number of hydrogen-bond donors (Lipinski definition) is 0. The van der Waals surface area contributed by atoms with E-state index in [9.17, 15) is 0 Å². The van der Waals surface area contributed by atoms with Crippen molar-refractivity contribution in [1.29, 1.82) is 0 Å². The van der Waals surface area contributed by atoms with Gasteiger partial charge in [0.1, 0.15) is 0 Å². The summed E-state index contributed by atoms with van der Waals surface area (Å²) in [6.45, 7) is 4.19. The van der Waals surface area contributed by atoms with E-state index in [1.165, 1.54) is 22.3 Å². The number of hydrogen-bond acceptors (Lipinski definition) is 0. The fraction of sp³-hybridized carbons (Fsp3) is 0.158. The fourth-order valence-corrected chi connectivity index (χ4v) is 2.13. The smallest absolute Gasteiger partial charge is 0.00882 e. The zero-order valence-corrected chi connectivity index (χ0v) is 11.6. The third kappa shape index (κ3) is 3.96. The summed E-state index contributed by atoms with van der Waals surface area (Å²) >= 11 is 0. The second kappa shape index (κ2) is 6.75. The number of rotatable bonds is 4. The molecular formula is C19H20. The van der Waals surface area contributed by atoms with E-state index < -0.39 is 0 Å². The van der Waals surface area contributed by atoms with Crippen LogP contribution in [0.5, 0.6) is 0 Å². The van der Waals surface area contributed by atoms with Gasteiger partial charge < -0.3 is 0 Å². The summed E-state index contributed by atoms with van der Waals surface area (Å²) in [4.78, 5) is 0. The zero-order valence-electron chi connectivity index (χ0n) is 11.6. The maximum Gasteiger partial charge on any atom is -0.00882 e. The molecule has 2 aromatic carbocycles. The van der Waals surface area contributed by atoms with E-state index in [0.29, 0.717) is 0 Å². The standard InChI is InChI=1S/C19H20/c1-3-8-18(19-12-7-9-16(2)15-19)14-13-17-10-5-4-6-11-17/h3-12,14-15H,13H2,1-2H3/b8-3-,18-14+. The van der Waals surface area contributed by atoms with Crippen molar-refractivity contribution in [2.75, 3.05) is 0 Å². The maximum absolute atomic E-state index is 2.30. The lowest BCUT2D eigenvalue weighted by Crippen LogP contribution is -1.86. The molecule has 0 aliphatic heterocycles. The number of allylic oxidation sites excluding steroid dienone is 4. The molecule has 0 nitrogen and oxygen atoms in total. The Morgan fingerprint density at radius 1 is 1.00 bits per heavy atom. The molecule has 2 rings (SSSR count). The van der Waals surface area contributed by atoms with E-state index in [1.807, 2.05) is 0 Å². The predicted octanol–water partition coefficient (Wildman–Crippen LogP) is 5.20. The van der Waals surface area contributed by atoms with Gasteiger partial charge in [0.25, 0.3) is 0 Å². The Labute approximate surface area is 116 Å². The molecule has 0 heterocycles. The lowest BCUT2D eigenvalue weighted by atomic mass is 10.0. The molecule has 96 valence electrons. The molecule has 0 fully saturated rings. The second-order valence-electron chi connectivity index (χ2n) is 4.72. The summed E-state index contributed by atoms with van der Waals surface area (Å²) in [7, 11) is 0. The van der Waals surface area contributed by atoms with Crippen LogP contribution in [0.2, 0.25) is 0 Å². The van der Waals surface area contributed by atoms with Crippen LogP contribution in [0.15, 0.2) is 72.8 Å². The van der Waals surface area contributed by atoms with Gasteiger partial charge in [-0.1, -0.05) is 78.4 Å². The minimum Gasteiger partial charge on any atom is -0.0871 e. The third-order valence-corrected chi connectivity index (χ3v) is 3.10. The Balaban J connectivity index is 2.25. The van der Waals surface area contributed by atoms with Crippen molar-refractivity contribution in [3.05, 3.63) is 89.5 Å². The molecule has 0 aliphatic carbocycles. The Hall–Kier alpha value is -2.08. The van der Waals surface area contributed by atoms with Crippen LogP contribution in [0.1, 0.15) is 23.6 Å². The van der Waals surface area contributed by atoms with E-state index in [1.54, 1.807) is 0 Å². The molecule has 0 heteroatoms. The summed E-state index contributed by atoms with van der Waals surface area (Å²) in [6, 6.07) is 19.2. The minimum absolute atomic E-state index is 0.967. The van der Waals surface area contributed by atoms with Crippen LogP contribution in [0, 0.1) is 6.92 Å². The molecule has 0 atom stereocenters. The number of aryl methyl sites for hydroxylation is 1. The molecule has 0 aromatic heterocycles. The van der Waals surface area contributed by atoms with Gasteiger partial charge in [0.2, 0.25) is 0 Å². The van der Waals surface area contributed by atoms with Gasteiger partial charge in [-0.15, -0.1) is 0 Å². The van der Waals surface area contributed by atoms with Gasteiger partial charge in [-0.3, -0.25) is 0 Å². The van der Waals surface area contributed by atoms with Gasteiger partial charge in [-0.2, -0.15) is 0 Å². The minimum atomic E-state index is 0.967. The average Bonchev–Trinajstić information content (AvgIpc) is 2.44. The summed E-state index contributed by atoms with van der Waals surface area (Å²) in [5, 5.41) is 0.